The predicted molar refractivity (Wildman–Crippen MR) is 128 cm³/mol. The van der Waals surface area contributed by atoms with E-state index in [0.717, 1.165) is 29.7 Å². The average Bonchev–Trinajstić information content (AvgIpc) is 3.15. The van der Waals surface area contributed by atoms with Gasteiger partial charge in [0.2, 0.25) is 5.91 Å². The topological polar surface area (TPSA) is 89.2 Å². The number of nitrogens with two attached hydrogens (primary N) is 1. The highest BCUT2D eigenvalue weighted by Gasteiger charge is 2.20. The van der Waals surface area contributed by atoms with Crippen LogP contribution >= 0.6 is 24.0 Å². The van der Waals surface area contributed by atoms with Gasteiger partial charge in [-0.25, -0.2) is 4.99 Å². The van der Waals surface area contributed by atoms with Crippen molar-refractivity contribution in [2.75, 3.05) is 20.8 Å². The largest absolute Gasteiger partial charge is 0.493 e. The summed E-state index contributed by atoms with van der Waals surface area (Å²) in [5, 5.41) is 3.17. The first-order valence-electron chi connectivity index (χ1n) is 9.70. The lowest BCUT2D eigenvalue weighted by molar-refractivity contribution is -0.128. The lowest BCUT2D eigenvalue weighted by atomic mass is 10.1. The third kappa shape index (κ3) is 6.25. The lowest BCUT2D eigenvalue weighted by Gasteiger charge is -2.18. The highest BCUT2D eigenvalue weighted by atomic mass is 127. The van der Waals surface area contributed by atoms with Crippen LogP contribution < -0.4 is 20.5 Å². The third-order valence-corrected chi connectivity index (χ3v) is 4.99. The number of carbonyl (C=O) groups excluding carboxylic acids is 1. The van der Waals surface area contributed by atoms with E-state index in [2.05, 4.69) is 16.4 Å². The van der Waals surface area contributed by atoms with E-state index in [1.807, 2.05) is 41.3 Å². The Morgan fingerprint density at radius 2 is 1.87 bits per heavy atom. The molecule has 3 rings (SSSR count). The molecule has 2 aromatic carbocycles. The molecule has 1 heterocycles. The van der Waals surface area contributed by atoms with E-state index < -0.39 is 0 Å². The Hall–Kier alpha value is -2.49. The molecule has 0 aromatic heterocycles. The molecular weight excluding hydrogens is 495 g/mol. The minimum atomic E-state index is 0. The average molecular weight is 524 g/mol. The summed E-state index contributed by atoms with van der Waals surface area (Å²) in [5.74, 6) is 1.94. The Morgan fingerprint density at radius 1 is 1.13 bits per heavy atom. The van der Waals surface area contributed by atoms with E-state index in [0.29, 0.717) is 43.5 Å². The molecule has 30 heavy (non-hydrogen) atoms. The quantitative estimate of drug-likeness (QED) is 0.315. The molecule has 0 spiro atoms. The Balaban J connectivity index is 0.00000320. The molecule has 8 heteroatoms. The number of halogens is 1. The minimum Gasteiger partial charge on any atom is -0.493 e. The Morgan fingerprint density at radius 3 is 2.53 bits per heavy atom. The van der Waals surface area contributed by atoms with Gasteiger partial charge in [-0.05, 0) is 35.2 Å². The van der Waals surface area contributed by atoms with Crippen LogP contribution in [0.3, 0.4) is 0 Å². The summed E-state index contributed by atoms with van der Waals surface area (Å²) in [4.78, 5) is 18.2. The predicted octanol–water partition coefficient (Wildman–Crippen LogP) is 3.05. The molecule has 1 saturated heterocycles. The van der Waals surface area contributed by atoms with Crippen molar-refractivity contribution in [2.24, 2.45) is 10.7 Å². The van der Waals surface area contributed by atoms with Crippen molar-refractivity contribution in [3.05, 3.63) is 59.2 Å². The zero-order valence-electron chi connectivity index (χ0n) is 17.4. The number of ether oxygens (including phenoxy) is 2. The van der Waals surface area contributed by atoms with E-state index in [-0.39, 0.29) is 29.9 Å². The number of aliphatic imine (C=N–C) groups is 1. The minimum absolute atomic E-state index is 0. The monoisotopic (exact) mass is 524 g/mol. The molecule has 0 radical (unpaired) electrons. The van der Waals surface area contributed by atoms with Crippen LogP contribution in [0.5, 0.6) is 11.5 Å². The number of methoxy groups -OCH3 is 2. The molecule has 0 atom stereocenters. The zero-order chi connectivity index (χ0) is 20.6. The van der Waals surface area contributed by atoms with Gasteiger partial charge >= 0.3 is 0 Å². The van der Waals surface area contributed by atoms with Crippen molar-refractivity contribution < 1.29 is 14.3 Å². The molecular formula is C22H29IN4O3. The molecule has 1 aliphatic heterocycles. The summed E-state index contributed by atoms with van der Waals surface area (Å²) >= 11 is 0. The number of hydrogen-bond acceptors (Lipinski definition) is 4. The highest BCUT2D eigenvalue weighted by molar-refractivity contribution is 14.0. The van der Waals surface area contributed by atoms with Crippen LogP contribution in [0.25, 0.3) is 0 Å². The van der Waals surface area contributed by atoms with E-state index in [1.54, 1.807) is 14.2 Å². The SMILES string of the molecule is COc1ccc(CN=C(N)NCc2ccccc2CN2CCCC2=O)cc1OC.I. The van der Waals surface area contributed by atoms with Crippen LogP contribution in [-0.2, 0) is 24.4 Å². The maximum absolute atomic E-state index is 11.9. The second-order valence-corrected chi connectivity index (χ2v) is 6.93. The summed E-state index contributed by atoms with van der Waals surface area (Å²) in [6.45, 7) is 2.46. The van der Waals surface area contributed by atoms with Gasteiger partial charge in [-0.3, -0.25) is 4.79 Å². The number of nitrogens with one attached hydrogen (secondary N) is 1. The van der Waals surface area contributed by atoms with Gasteiger partial charge < -0.3 is 25.4 Å². The van der Waals surface area contributed by atoms with Gasteiger partial charge in [0, 0.05) is 26.1 Å². The fraction of sp³-hybridized carbons (Fsp3) is 0.364. The van der Waals surface area contributed by atoms with Gasteiger partial charge in [-0.1, -0.05) is 30.3 Å². The number of hydrogen-bond donors (Lipinski definition) is 2. The third-order valence-electron chi connectivity index (χ3n) is 4.99. The van der Waals surface area contributed by atoms with Gasteiger partial charge in [0.25, 0.3) is 0 Å². The standard InChI is InChI=1S/C22H28N4O3.HI/c1-28-19-10-9-16(12-20(19)29-2)13-24-22(23)25-14-17-6-3-4-7-18(17)15-26-11-5-8-21(26)27;/h3-4,6-7,9-10,12H,5,8,11,13-15H2,1-2H3,(H3,23,24,25);1H. The van der Waals surface area contributed by atoms with Crippen LogP contribution in [0.15, 0.2) is 47.5 Å². The lowest BCUT2D eigenvalue weighted by Crippen LogP contribution is -2.32. The number of nitrogens with zero attached hydrogens (tertiary/aromatic N) is 2. The van der Waals surface area contributed by atoms with Crippen molar-refractivity contribution >= 4 is 35.8 Å². The van der Waals surface area contributed by atoms with Crippen molar-refractivity contribution in [2.45, 2.75) is 32.5 Å². The number of rotatable bonds is 8. The molecule has 162 valence electrons. The van der Waals surface area contributed by atoms with E-state index in [4.69, 9.17) is 15.2 Å². The molecule has 1 aliphatic rings. The van der Waals surface area contributed by atoms with Crippen LogP contribution in [-0.4, -0.2) is 37.5 Å². The second kappa shape index (κ2) is 11.6. The Kier molecular flexibility index (Phi) is 9.22. The van der Waals surface area contributed by atoms with Crippen LogP contribution in [0, 0.1) is 0 Å². The maximum Gasteiger partial charge on any atom is 0.222 e. The normalized spacial score (nSPS) is 13.7. The first-order valence-corrected chi connectivity index (χ1v) is 9.70. The van der Waals surface area contributed by atoms with Crippen molar-refractivity contribution in [3.8, 4) is 11.5 Å². The number of guanidine groups is 1. The number of amides is 1. The highest BCUT2D eigenvalue weighted by Crippen LogP contribution is 2.27. The molecule has 0 aliphatic carbocycles. The number of carbonyl (C=O) groups is 1. The Bertz CT molecular complexity index is 888. The number of benzene rings is 2. The smallest absolute Gasteiger partial charge is 0.222 e. The van der Waals surface area contributed by atoms with Gasteiger partial charge in [-0.2, -0.15) is 0 Å². The van der Waals surface area contributed by atoms with Gasteiger partial charge in [0.05, 0.1) is 20.8 Å². The molecule has 1 fully saturated rings. The summed E-state index contributed by atoms with van der Waals surface area (Å²) in [7, 11) is 3.21. The molecule has 7 nitrogen and oxygen atoms in total. The van der Waals surface area contributed by atoms with Crippen LogP contribution in [0.1, 0.15) is 29.5 Å². The molecule has 0 saturated carbocycles. The molecule has 0 unspecified atom stereocenters. The van der Waals surface area contributed by atoms with E-state index in [1.165, 1.54) is 0 Å². The van der Waals surface area contributed by atoms with Gasteiger partial charge in [0.15, 0.2) is 17.5 Å². The fourth-order valence-electron chi connectivity index (χ4n) is 3.36. The molecule has 2 aromatic rings. The fourth-order valence-corrected chi connectivity index (χ4v) is 3.36. The summed E-state index contributed by atoms with van der Waals surface area (Å²) in [5.41, 5.74) is 9.26. The first-order chi connectivity index (χ1) is 14.1. The van der Waals surface area contributed by atoms with Gasteiger partial charge in [-0.15, -0.1) is 24.0 Å². The van der Waals surface area contributed by atoms with Gasteiger partial charge in [0.1, 0.15) is 0 Å². The zero-order valence-corrected chi connectivity index (χ0v) is 19.7. The molecule has 1 amide bonds. The van der Waals surface area contributed by atoms with Crippen LogP contribution in [0.4, 0.5) is 0 Å². The maximum atomic E-state index is 11.9. The van der Waals surface area contributed by atoms with Crippen LogP contribution in [0.2, 0.25) is 0 Å². The summed E-state index contributed by atoms with van der Waals surface area (Å²) in [6.07, 6.45) is 1.59. The summed E-state index contributed by atoms with van der Waals surface area (Å²) < 4.78 is 10.6. The summed E-state index contributed by atoms with van der Waals surface area (Å²) in [6, 6.07) is 13.8. The number of likely N-dealkylation sites (tertiary alicyclic amines) is 1. The van der Waals surface area contributed by atoms with E-state index in [9.17, 15) is 4.79 Å². The second-order valence-electron chi connectivity index (χ2n) is 6.93. The molecule has 0 bridgehead atoms. The first kappa shape index (κ1) is 23.8. The van der Waals surface area contributed by atoms with E-state index >= 15 is 0 Å². The van der Waals surface area contributed by atoms with Crippen molar-refractivity contribution in [1.82, 2.24) is 10.2 Å². The Labute approximate surface area is 194 Å². The van der Waals surface area contributed by atoms with Crippen molar-refractivity contribution in [1.29, 1.82) is 0 Å². The molecule has 3 N–H and O–H groups in total. The van der Waals surface area contributed by atoms with Crippen molar-refractivity contribution in [3.63, 3.8) is 0 Å².